The third-order valence-corrected chi connectivity index (χ3v) is 2.41. The van der Waals surface area contributed by atoms with Crippen molar-refractivity contribution in [3.8, 4) is 0 Å². The van der Waals surface area contributed by atoms with Gasteiger partial charge in [0.25, 0.3) is 0 Å². The lowest BCUT2D eigenvalue weighted by molar-refractivity contribution is -0.137. The molecule has 0 saturated carbocycles. The Kier molecular flexibility index (Phi) is 5.55. The third-order valence-electron chi connectivity index (χ3n) is 0.890. The Morgan fingerprint density at radius 3 is 2.89 bits per heavy atom. The van der Waals surface area contributed by atoms with Gasteiger partial charge in [-0.05, 0) is 6.04 Å². The van der Waals surface area contributed by atoms with E-state index >= 15 is 0 Å². The van der Waals surface area contributed by atoms with E-state index in [1.165, 1.54) is 0 Å². The molecule has 0 unspecified atom stereocenters. The third kappa shape index (κ3) is 5.52. The lowest BCUT2D eigenvalue weighted by Gasteiger charge is -1.98. The Morgan fingerprint density at radius 1 is 1.78 bits per heavy atom. The van der Waals surface area contributed by atoms with Gasteiger partial charge in [0.15, 0.2) is 0 Å². The van der Waals surface area contributed by atoms with Crippen LogP contribution in [0.5, 0.6) is 0 Å². The molecule has 0 fully saturated rings. The van der Waals surface area contributed by atoms with Gasteiger partial charge in [0.05, 0.1) is 0 Å². The van der Waals surface area contributed by atoms with Crippen molar-refractivity contribution >= 4 is 15.7 Å². The highest BCUT2D eigenvalue weighted by molar-refractivity contribution is 6.30. The van der Waals surface area contributed by atoms with Crippen molar-refractivity contribution in [2.75, 3.05) is 6.61 Å². The predicted octanol–water partition coefficient (Wildman–Crippen LogP) is -0.566. The minimum atomic E-state index is -0.657. The first kappa shape index (κ1) is 8.65. The first-order chi connectivity index (χ1) is 4.31. The molecule has 0 aromatic heterocycles. The second-order valence-corrected chi connectivity index (χ2v) is 3.14. The molecule has 0 atom stereocenters. The summed E-state index contributed by atoms with van der Waals surface area (Å²) in [6.07, 6.45) is 1.06. The fourth-order valence-corrected chi connectivity index (χ4v) is 1.13. The Balaban J connectivity index is 2.97. The molecule has 0 saturated heterocycles. The average Bonchev–Trinajstić information content (AvgIpc) is 1.89. The summed E-state index contributed by atoms with van der Waals surface area (Å²) in [5.74, 6) is -0.477. The first-order valence-corrected chi connectivity index (χ1v) is 4.65. The van der Waals surface area contributed by atoms with Crippen molar-refractivity contribution in [1.82, 2.24) is 0 Å². The minimum absolute atomic E-state index is 0.475. The van der Waals surface area contributed by atoms with Crippen LogP contribution in [0.4, 0.5) is 0 Å². The highest BCUT2D eigenvalue weighted by atomic mass is 28.2. The summed E-state index contributed by atoms with van der Waals surface area (Å²) in [4.78, 5) is 10.2. The summed E-state index contributed by atoms with van der Waals surface area (Å²) in [5.41, 5.74) is 0. The van der Waals surface area contributed by atoms with Crippen LogP contribution in [0, 0.1) is 0 Å². The number of rotatable bonds is 4. The van der Waals surface area contributed by atoms with E-state index in [4.69, 9.17) is 5.11 Å². The standard InChI is InChI=1S/C5H12O3Si/c1-2-3-9-8-5(7)4-6/h6H,2-4,9H2,1H3. The van der Waals surface area contributed by atoms with Crippen LogP contribution in [0.25, 0.3) is 0 Å². The molecule has 0 aromatic carbocycles. The van der Waals surface area contributed by atoms with E-state index in [0.717, 1.165) is 12.5 Å². The summed E-state index contributed by atoms with van der Waals surface area (Å²) in [6, 6.07) is 1.01. The molecule has 54 valence electrons. The van der Waals surface area contributed by atoms with Gasteiger partial charge in [0, 0.05) is 0 Å². The number of hydrogen-bond acceptors (Lipinski definition) is 3. The van der Waals surface area contributed by atoms with E-state index in [-0.39, 0.29) is 0 Å². The fourth-order valence-electron chi connectivity index (χ4n) is 0.376. The maximum Gasteiger partial charge on any atom is 0.318 e. The summed E-state index contributed by atoms with van der Waals surface area (Å²) in [6.45, 7) is 1.57. The first-order valence-electron chi connectivity index (χ1n) is 3.07. The molecule has 4 heteroatoms. The predicted molar refractivity (Wildman–Crippen MR) is 36.8 cm³/mol. The monoisotopic (exact) mass is 148 g/mol. The van der Waals surface area contributed by atoms with Crippen LogP contribution in [0.1, 0.15) is 13.3 Å². The van der Waals surface area contributed by atoms with Crippen LogP contribution in [0.2, 0.25) is 6.04 Å². The molecule has 0 aliphatic heterocycles. The average molecular weight is 148 g/mol. The van der Waals surface area contributed by atoms with Crippen LogP contribution >= 0.6 is 0 Å². The maximum atomic E-state index is 10.2. The van der Waals surface area contributed by atoms with E-state index < -0.39 is 22.3 Å². The zero-order chi connectivity index (χ0) is 7.11. The quantitative estimate of drug-likeness (QED) is 0.429. The number of carbonyl (C=O) groups is 1. The van der Waals surface area contributed by atoms with Crippen LogP contribution in [-0.2, 0) is 9.22 Å². The van der Waals surface area contributed by atoms with Crippen LogP contribution < -0.4 is 0 Å². The molecule has 1 N–H and O–H groups in total. The molecule has 0 heterocycles. The van der Waals surface area contributed by atoms with Crippen molar-refractivity contribution in [2.24, 2.45) is 0 Å². The maximum absolute atomic E-state index is 10.2. The summed E-state index contributed by atoms with van der Waals surface area (Å²) in [7, 11) is -0.657. The molecular weight excluding hydrogens is 136 g/mol. The highest BCUT2D eigenvalue weighted by Crippen LogP contribution is 1.86. The van der Waals surface area contributed by atoms with E-state index in [1.54, 1.807) is 0 Å². The zero-order valence-electron chi connectivity index (χ0n) is 5.59. The molecule has 0 amide bonds. The smallest absolute Gasteiger partial charge is 0.318 e. The molecule has 0 spiro atoms. The topological polar surface area (TPSA) is 46.5 Å². The molecule has 0 aromatic rings. The van der Waals surface area contributed by atoms with Gasteiger partial charge in [-0.2, -0.15) is 0 Å². The Bertz CT molecular complexity index is 84.3. The van der Waals surface area contributed by atoms with Crippen LogP contribution in [0.3, 0.4) is 0 Å². The van der Waals surface area contributed by atoms with Crippen molar-refractivity contribution in [3.05, 3.63) is 0 Å². The number of aliphatic hydroxyl groups is 1. The molecule has 9 heavy (non-hydrogen) atoms. The summed E-state index contributed by atoms with van der Waals surface area (Å²) < 4.78 is 4.68. The fraction of sp³-hybridized carbons (Fsp3) is 0.800. The van der Waals surface area contributed by atoms with E-state index in [1.807, 2.05) is 6.92 Å². The largest absolute Gasteiger partial charge is 0.523 e. The molecule has 0 aliphatic rings. The molecule has 0 radical (unpaired) electrons. The number of aliphatic hydroxyl groups excluding tert-OH is 1. The molecule has 0 rings (SSSR count). The SMILES string of the molecule is CCC[SiH2]OC(=O)CO. The Morgan fingerprint density at radius 2 is 2.44 bits per heavy atom. The molecular formula is C5H12O3Si. The van der Waals surface area contributed by atoms with Gasteiger partial charge in [0.1, 0.15) is 6.61 Å². The molecule has 0 aliphatic carbocycles. The van der Waals surface area contributed by atoms with Gasteiger partial charge < -0.3 is 9.53 Å². The van der Waals surface area contributed by atoms with Crippen LogP contribution in [0.15, 0.2) is 0 Å². The summed E-state index contributed by atoms with van der Waals surface area (Å²) >= 11 is 0. The van der Waals surface area contributed by atoms with Gasteiger partial charge in [-0.1, -0.05) is 13.3 Å². The zero-order valence-corrected chi connectivity index (χ0v) is 7.01. The Hall–Kier alpha value is -0.353. The molecule has 0 bridgehead atoms. The second-order valence-electron chi connectivity index (χ2n) is 1.73. The van der Waals surface area contributed by atoms with Crippen molar-refractivity contribution < 1.29 is 14.3 Å². The second kappa shape index (κ2) is 5.78. The molecule has 3 nitrogen and oxygen atoms in total. The van der Waals surface area contributed by atoms with Gasteiger partial charge in [-0.25, -0.2) is 0 Å². The van der Waals surface area contributed by atoms with Crippen molar-refractivity contribution in [3.63, 3.8) is 0 Å². The lowest BCUT2D eigenvalue weighted by Crippen LogP contribution is -2.11. The lowest BCUT2D eigenvalue weighted by atomic mass is 10.6. The normalized spacial score (nSPS) is 10.4. The van der Waals surface area contributed by atoms with E-state index in [9.17, 15) is 4.79 Å². The van der Waals surface area contributed by atoms with Gasteiger partial charge in [-0.3, -0.25) is 4.79 Å². The highest BCUT2D eigenvalue weighted by Gasteiger charge is 1.96. The number of hydrogen-bond donors (Lipinski definition) is 1. The Labute approximate surface area is 57.0 Å². The van der Waals surface area contributed by atoms with Crippen molar-refractivity contribution in [2.45, 2.75) is 19.4 Å². The minimum Gasteiger partial charge on any atom is -0.523 e. The van der Waals surface area contributed by atoms with Crippen molar-refractivity contribution in [1.29, 1.82) is 0 Å². The summed E-state index contributed by atoms with van der Waals surface area (Å²) in [5, 5.41) is 8.18. The number of carbonyl (C=O) groups excluding carboxylic acids is 1. The van der Waals surface area contributed by atoms with E-state index in [2.05, 4.69) is 4.43 Å². The van der Waals surface area contributed by atoms with Crippen LogP contribution in [-0.4, -0.2) is 27.4 Å². The van der Waals surface area contributed by atoms with E-state index in [0.29, 0.717) is 0 Å². The van der Waals surface area contributed by atoms with Gasteiger partial charge >= 0.3 is 5.97 Å². The van der Waals surface area contributed by atoms with Gasteiger partial charge in [-0.15, -0.1) is 0 Å². The van der Waals surface area contributed by atoms with Gasteiger partial charge in [0.2, 0.25) is 9.76 Å².